The van der Waals surface area contributed by atoms with Crippen molar-refractivity contribution >= 4 is 51.3 Å². The third kappa shape index (κ3) is 3.07. The molecule has 1 aliphatic rings. The van der Waals surface area contributed by atoms with Gasteiger partial charge in [0.2, 0.25) is 11.6 Å². The van der Waals surface area contributed by atoms with Gasteiger partial charge in [-0.3, -0.25) is 10.1 Å². The van der Waals surface area contributed by atoms with Crippen LogP contribution in [0.1, 0.15) is 5.56 Å². The van der Waals surface area contributed by atoms with Crippen LogP contribution in [0.15, 0.2) is 54.9 Å². The van der Waals surface area contributed by atoms with E-state index in [4.69, 9.17) is 0 Å². The zero-order chi connectivity index (χ0) is 18.1. The molecule has 1 aliphatic heterocycles. The Kier molecular flexibility index (Phi) is 4.41. The molecule has 8 heteroatoms. The van der Waals surface area contributed by atoms with Crippen LogP contribution in [0.25, 0.3) is 0 Å². The number of hydrogen-bond acceptors (Lipinski definition) is 6. The van der Waals surface area contributed by atoms with Gasteiger partial charge in [0.05, 0.1) is 4.92 Å². The molecule has 0 aliphatic carbocycles. The summed E-state index contributed by atoms with van der Waals surface area (Å²) in [5.74, 6) is 0.494. The van der Waals surface area contributed by atoms with Crippen LogP contribution in [0.4, 0.5) is 28.7 Å². The van der Waals surface area contributed by atoms with Gasteiger partial charge in [-0.15, -0.1) is 0 Å². The number of nitro groups is 1. The van der Waals surface area contributed by atoms with Gasteiger partial charge in [0.15, 0.2) is 0 Å². The van der Waals surface area contributed by atoms with Crippen molar-refractivity contribution in [3.05, 3.63) is 74.1 Å². The number of hydrogen-bond donors (Lipinski definition) is 1. The van der Waals surface area contributed by atoms with Gasteiger partial charge >= 0.3 is 5.69 Å². The van der Waals surface area contributed by atoms with Crippen LogP contribution in [0, 0.1) is 13.7 Å². The average molecular weight is 459 g/mol. The van der Waals surface area contributed by atoms with Crippen molar-refractivity contribution in [2.24, 2.45) is 0 Å². The number of halogens is 1. The van der Waals surface area contributed by atoms with Crippen LogP contribution in [0.5, 0.6) is 0 Å². The lowest BCUT2D eigenvalue weighted by Gasteiger charge is -2.19. The topological polar surface area (TPSA) is 84.2 Å². The summed E-state index contributed by atoms with van der Waals surface area (Å²) in [6.07, 6.45) is 2.19. The lowest BCUT2D eigenvalue weighted by atomic mass is 10.2. The van der Waals surface area contributed by atoms with Crippen molar-refractivity contribution in [2.75, 3.05) is 16.8 Å². The second-order valence-corrected chi connectivity index (χ2v) is 7.06. The smallest absolute Gasteiger partial charge is 0.334 e. The number of para-hydroxylation sites is 1. The summed E-state index contributed by atoms with van der Waals surface area (Å²) < 4.78 is 1.08. The van der Waals surface area contributed by atoms with Crippen LogP contribution in [-0.2, 0) is 6.42 Å². The fourth-order valence-electron chi connectivity index (χ4n) is 3.05. The summed E-state index contributed by atoms with van der Waals surface area (Å²) >= 11 is 2.21. The van der Waals surface area contributed by atoms with Gasteiger partial charge in [-0.25, -0.2) is 9.97 Å². The van der Waals surface area contributed by atoms with Gasteiger partial charge < -0.3 is 10.2 Å². The minimum absolute atomic E-state index is 0.122. The van der Waals surface area contributed by atoms with Crippen molar-refractivity contribution in [1.82, 2.24) is 9.97 Å². The molecule has 0 spiro atoms. The van der Waals surface area contributed by atoms with Gasteiger partial charge in [-0.05, 0) is 64.9 Å². The summed E-state index contributed by atoms with van der Waals surface area (Å²) in [5.41, 5.74) is 2.73. The van der Waals surface area contributed by atoms with E-state index in [1.165, 1.54) is 6.33 Å². The van der Waals surface area contributed by atoms with Gasteiger partial charge in [-0.1, -0.05) is 18.2 Å². The lowest BCUT2D eigenvalue weighted by Crippen LogP contribution is -2.17. The molecule has 1 aromatic heterocycles. The number of anilines is 4. The highest BCUT2D eigenvalue weighted by Crippen LogP contribution is 2.40. The molecule has 2 heterocycles. The molecule has 0 atom stereocenters. The Morgan fingerprint density at radius 1 is 1.12 bits per heavy atom. The standard InChI is InChI=1S/C18H14IN5O2/c19-13-5-7-14(8-6-13)22-17-16(24(25)26)18(21-11-20-17)23-10-9-12-3-1-2-4-15(12)23/h1-8,11H,9-10H2,(H,20,21,22). The van der Waals surface area contributed by atoms with E-state index in [-0.39, 0.29) is 11.5 Å². The van der Waals surface area contributed by atoms with E-state index in [1.807, 2.05) is 53.4 Å². The van der Waals surface area contributed by atoms with Crippen LogP contribution < -0.4 is 10.2 Å². The highest BCUT2D eigenvalue weighted by Gasteiger charge is 2.31. The first kappa shape index (κ1) is 16.7. The average Bonchev–Trinajstić information content (AvgIpc) is 3.07. The van der Waals surface area contributed by atoms with Crippen molar-refractivity contribution < 1.29 is 4.92 Å². The van der Waals surface area contributed by atoms with E-state index in [1.54, 1.807) is 0 Å². The zero-order valence-electron chi connectivity index (χ0n) is 13.6. The maximum Gasteiger partial charge on any atom is 0.354 e. The fourth-order valence-corrected chi connectivity index (χ4v) is 3.41. The number of rotatable bonds is 4. The molecule has 0 fully saturated rings. The molecule has 7 nitrogen and oxygen atoms in total. The van der Waals surface area contributed by atoms with E-state index in [0.717, 1.165) is 26.9 Å². The Morgan fingerprint density at radius 3 is 2.65 bits per heavy atom. The minimum atomic E-state index is -0.425. The molecular formula is C18H14IN5O2. The molecule has 3 aromatic rings. The third-order valence-corrected chi connectivity index (χ3v) is 4.95. The number of aromatic nitrogens is 2. The molecule has 0 amide bonds. The quantitative estimate of drug-likeness (QED) is 0.353. The number of nitrogens with zero attached hydrogens (tertiary/aromatic N) is 4. The molecule has 2 aromatic carbocycles. The first-order valence-electron chi connectivity index (χ1n) is 8.01. The molecule has 0 unspecified atom stereocenters. The van der Waals surface area contributed by atoms with E-state index < -0.39 is 4.92 Å². The third-order valence-electron chi connectivity index (χ3n) is 4.24. The SMILES string of the molecule is O=[N+]([O-])c1c(Nc2ccc(I)cc2)ncnc1N1CCc2ccccc21. The first-order valence-corrected chi connectivity index (χ1v) is 9.09. The minimum Gasteiger partial charge on any atom is -0.334 e. The number of fused-ring (bicyclic) bond motifs is 1. The van der Waals surface area contributed by atoms with Gasteiger partial charge in [0.1, 0.15) is 6.33 Å². The van der Waals surface area contributed by atoms with E-state index in [9.17, 15) is 10.1 Å². The summed E-state index contributed by atoms with van der Waals surface area (Å²) in [5, 5.41) is 14.9. The first-order chi connectivity index (χ1) is 12.6. The van der Waals surface area contributed by atoms with Crippen LogP contribution >= 0.6 is 22.6 Å². The lowest BCUT2D eigenvalue weighted by molar-refractivity contribution is -0.383. The van der Waals surface area contributed by atoms with E-state index >= 15 is 0 Å². The van der Waals surface area contributed by atoms with Gasteiger partial charge in [0, 0.05) is 21.5 Å². The van der Waals surface area contributed by atoms with Gasteiger partial charge in [0.25, 0.3) is 0 Å². The Morgan fingerprint density at radius 2 is 1.88 bits per heavy atom. The second kappa shape index (κ2) is 6.87. The normalized spacial score (nSPS) is 12.7. The van der Waals surface area contributed by atoms with Crippen molar-refractivity contribution in [2.45, 2.75) is 6.42 Å². The van der Waals surface area contributed by atoms with Crippen LogP contribution in [-0.4, -0.2) is 21.4 Å². The molecule has 1 N–H and O–H groups in total. The Bertz CT molecular complexity index is 978. The molecule has 130 valence electrons. The Labute approximate surface area is 163 Å². The molecule has 0 radical (unpaired) electrons. The highest BCUT2D eigenvalue weighted by molar-refractivity contribution is 14.1. The van der Waals surface area contributed by atoms with Crippen molar-refractivity contribution in [3.8, 4) is 0 Å². The molecular weight excluding hydrogens is 445 g/mol. The Balaban J connectivity index is 1.77. The predicted octanol–water partition coefficient (Wildman–Crippen LogP) is 4.43. The fraction of sp³-hybridized carbons (Fsp3) is 0.111. The predicted molar refractivity (Wildman–Crippen MR) is 108 cm³/mol. The maximum absolute atomic E-state index is 11.8. The summed E-state index contributed by atoms with van der Waals surface area (Å²) in [6.45, 7) is 0.653. The summed E-state index contributed by atoms with van der Waals surface area (Å²) in [4.78, 5) is 21.6. The Hall–Kier alpha value is -2.75. The van der Waals surface area contributed by atoms with E-state index in [2.05, 4.69) is 37.9 Å². The van der Waals surface area contributed by atoms with Crippen LogP contribution in [0.3, 0.4) is 0 Å². The monoisotopic (exact) mass is 459 g/mol. The molecule has 0 saturated heterocycles. The number of nitrogens with one attached hydrogen (secondary N) is 1. The van der Waals surface area contributed by atoms with Gasteiger partial charge in [-0.2, -0.15) is 0 Å². The zero-order valence-corrected chi connectivity index (χ0v) is 15.8. The van der Waals surface area contributed by atoms with Crippen LogP contribution in [0.2, 0.25) is 0 Å². The van der Waals surface area contributed by atoms with Crippen molar-refractivity contribution in [3.63, 3.8) is 0 Å². The summed E-state index contributed by atoms with van der Waals surface area (Å²) in [6, 6.07) is 15.5. The molecule has 26 heavy (non-hydrogen) atoms. The molecule has 0 bridgehead atoms. The number of benzene rings is 2. The highest BCUT2D eigenvalue weighted by atomic mass is 127. The molecule has 0 saturated carbocycles. The second-order valence-electron chi connectivity index (χ2n) is 5.81. The van der Waals surface area contributed by atoms with Crippen molar-refractivity contribution in [1.29, 1.82) is 0 Å². The summed E-state index contributed by atoms with van der Waals surface area (Å²) in [7, 11) is 0. The largest absolute Gasteiger partial charge is 0.354 e. The maximum atomic E-state index is 11.8. The van der Waals surface area contributed by atoms with E-state index in [0.29, 0.717) is 12.4 Å². The molecule has 4 rings (SSSR count).